The van der Waals surface area contributed by atoms with Crippen LogP contribution in [-0.2, 0) is 13.2 Å². The molecule has 0 amide bonds. The van der Waals surface area contributed by atoms with Crippen molar-refractivity contribution < 1.29 is 9.63 Å². The molecule has 0 aliphatic rings. The van der Waals surface area contributed by atoms with E-state index in [0.717, 1.165) is 11.1 Å². The lowest BCUT2D eigenvalue weighted by molar-refractivity contribution is 0.282. The van der Waals surface area contributed by atoms with Crippen LogP contribution >= 0.6 is 23.2 Å². The number of aromatic nitrogens is 2. The van der Waals surface area contributed by atoms with E-state index >= 15 is 0 Å². The number of nitrogens with zero attached hydrogens (tertiary/aromatic N) is 2. The quantitative estimate of drug-likeness (QED) is 0.723. The Bertz CT molecular complexity index is 803. The van der Waals surface area contributed by atoms with E-state index in [4.69, 9.17) is 32.8 Å². The molecular weight excluding hydrogens is 337 g/mol. The van der Waals surface area contributed by atoms with Gasteiger partial charge in [-0.05, 0) is 42.0 Å². The van der Waals surface area contributed by atoms with Crippen molar-refractivity contribution in [3.05, 3.63) is 64.0 Å². The molecule has 1 heterocycles. The highest BCUT2D eigenvalue weighted by Gasteiger charge is 2.09. The zero-order valence-corrected chi connectivity index (χ0v) is 13.5. The molecule has 0 atom stereocenters. The van der Waals surface area contributed by atoms with Crippen LogP contribution in [0.4, 0.5) is 5.69 Å². The molecule has 0 aliphatic heterocycles. The van der Waals surface area contributed by atoms with Gasteiger partial charge in [0, 0.05) is 10.6 Å². The van der Waals surface area contributed by atoms with Crippen molar-refractivity contribution in [1.82, 2.24) is 10.1 Å². The molecule has 0 spiro atoms. The number of hydrogen-bond acceptors (Lipinski definition) is 5. The number of hydrogen-bond donors (Lipinski definition) is 2. The zero-order chi connectivity index (χ0) is 16.2. The molecule has 5 nitrogen and oxygen atoms in total. The Kier molecular flexibility index (Phi) is 4.81. The summed E-state index contributed by atoms with van der Waals surface area (Å²) in [5.41, 5.74) is 2.29. The van der Waals surface area contributed by atoms with E-state index in [2.05, 4.69) is 15.5 Å². The predicted octanol–water partition coefficient (Wildman–Crippen LogP) is 4.15. The molecule has 0 fully saturated rings. The lowest BCUT2D eigenvalue weighted by Gasteiger charge is -2.07. The highest BCUT2D eigenvalue weighted by Crippen LogP contribution is 2.24. The number of anilines is 1. The second-order valence-electron chi connectivity index (χ2n) is 4.84. The van der Waals surface area contributed by atoms with Gasteiger partial charge >= 0.3 is 0 Å². The van der Waals surface area contributed by atoms with Crippen molar-refractivity contribution in [1.29, 1.82) is 0 Å². The van der Waals surface area contributed by atoms with Gasteiger partial charge in [0.15, 0.2) is 0 Å². The van der Waals surface area contributed by atoms with Crippen molar-refractivity contribution in [2.45, 2.75) is 13.2 Å². The average molecular weight is 350 g/mol. The van der Waals surface area contributed by atoms with Gasteiger partial charge in [-0.25, -0.2) is 0 Å². The van der Waals surface area contributed by atoms with E-state index in [1.54, 1.807) is 30.3 Å². The summed E-state index contributed by atoms with van der Waals surface area (Å²) in [4.78, 5) is 4.32. The number of aliphatic hydroxyl groups is 1. The average Bonchev–Trinajstić information content (AvgIpc) is 3.04. The molecule has 23 heavy (non-hydrogen) atoms. The molecule has 7 heteroatoms. The Balaban J connectivity index is 1.71. The van der Waals surface area contributed by atoms with E-state index in [9.17, 15) is 0 Å². The molecule has 0 saturated carbocycles. The van der Waals surface area contributed by atoms with Gasteiger partial charge < -0.3 is 14.9 Å². The van der Waals surface area contributed by atoms with Gasteiger partial charge in [-0.2, -0.15) is 4.98 Å². The topological polar surface area (TPSA) is 71.2 Å². The van der Waals surface area contributed by atoms with Crippen LogP contribution in [0.3, 0.4) is 0 Å². The smallest absolute Gasteiger partial charge is 0.246 e. The molecule has 2 aromatic carbocycles. The standard InChI is InChI=1S/C16H13Cl2N3O2/c17-12-4-2-11(3-5-12)16-20-15(23-21-16)8-19-14-7-10(9-22)1-6-13(14)18/h1-7,19,22H,8-9H2. The normalized spacial score (nSPS) is 10.7. The first-order valence-corrected chi connectivity index (χ1v) is 7.63. The largest absolute Gasteiger partial charge is 0.392 e. The number of benzene rings is 2. The maximum atomic E-state index is 9.17. The summed E-state index contributed by atoms with van der Waals surface area (Å²) in [6.07, 6.45) is 0. The monoisotopic (exact) mass is 349 g/mol. The van der Waals surface area contributed by atoms with Crippen LogP contribution in [0.2, 0.25) is 10.0 Å². The van der Waals surface area contributed by atoms with Crippen molar-refractivity contribution >= 4 is 28.9 Å². The summed E-state index contributed by atoms with van der Waals surface area (Å²) in [5.74, 6) is 0.925. The Morgan fingerprint density at radius 1 is 1.09 bits per heavy atom. The molecule has 1 aromatic heterocycles. The second-order valence-corrected chi connectivity index (χ2v) is 5.69. The van der Waals surface area contributed by atoms with Gasteiger partial charge in [-0.15, -0.1) is 0 Å². The third-order valence-electron chi connectivity index (χ3n) is 3.21. The molecule has 0 radical (unpaired) electrons. The van der Waals surface area contributed by atoms with E-state index in [-0.39, 0.29) is 6.61 Å². The van der Waals surface area contributed by atoms with Gasteiger partial charge in [0.05, 0.1) is 23.9 Å². The Morgan fingerprint density at radius 3 is 2.61 bits per heavy atom. The van der Waals surface area contributed by atoms with Crippen molar-refractivity contribution in [3.63, 3.8) is 0 Å². The molecule has 118 valence electrons. The lowest BCUT2D eigenvalue weighted by Crippen LogP contribution is -2.01. The fourth-order valence-corrected chi connectivity index (χ4v) is 2.33. The van der Waals surface area contributed by atoms with Crippen LogP contribution in [0.15, 0.2) is 47.0 Å². The molecular formula is C16H13Cl2N3O2. The summed E-state index contributed by atoms with van der Waals surface area (Å²) < 4.78 is 5.22. The fraction of sp³-hybridized carbons (Fsp3) is 0.125. The summed E-state index contributed by atoms with van der Waals surface area (Å²) in [5, 5.41) is 17.4. The molecule has 3 aromatic rings. The summed E-state index contributed by atoms with van der Waals surface area (Å²) in [6.45, 7) is 0.280. The summed E-state index contributed by atoms with van der Waals surface area (Å²) in [6, 6.07) is 12.5. The minimum atomic E-state index is -0.0485. The molecule has 0 aliphatic carbocycles. The molecule has 0 unspecified atom stereocenters. The van der Waals surface area contributed by atoms with Crippen LogP contribution in [0, 0.1) is 0 Å². The first-order valence-electron chi connectivity index (χ1n) is 6.87. The molecule has 0 bridgehead atoms. The number of rotatable bonds is 5. The first-order chi connectivity index (χ1) is 11.2. The SMILES string of the molecule is OCc1ccc(Cl)c(NCc2nc(-c3ccc(Cl)cc3)no2)c1. The summed E-state index contributed by atoms with van der Waals surface area (Å²) >= 11 is 12.0. The number of aliphatic hydroxyl groups excluding tert-OH is 1. The minimum Gasteiger partial charge on any atom is -0.392 e. The fourth-order valence-electron chi connectivity index (χ4n) is 2.02. The molecule has 3 rings (SSSR count). The minimum absolute atomic E-state index is 0.0485. The maximum absolute atomic E-state index is 9.17. The van der Waals surface area contributed by atoms with Gasteiger partial charge in [-0.3, -0.25) is 0 Å². The van der Waals surface area contributed by atoms with E-state index in [1.165, 1.54) is 0 Å². The van der Waals surface area contributed by atoms with Crippen LogP contribution in [0.5, 0.6) is 0 Å². The van der Waals surface area contributed by atoms with Gasteiger partial charge in [-0.1, -0.05) is 34.4 Å². The van der Waals surface area contributed by atoms with Crippen LogP contribution in [0.1, 0.15) is 11.5 Å². The van der Waals surface area contributed by atoms with Gasteiger partial charge in [0.1, 0.15) is 0 Å². The third kappa shape index (κ3) is 3.82. The first kappa shape index (κ1) is 15.8. The van der Waals surface area contributed by atoms with Gasteiger partial charge in [0.2, 0.25) is 11.7 Å². The second kappa shape index (κ2) is 7.00. The van der Waals surface area contributed by atoms with Crippen molar-refractivity contribution in [2.75, 3.05) is 5.32 Å². The highest BCUT2D eigenvalue weighted by atomic mass is 35.5. The van der Waals surface area contributed by atoms with Crippen LogP contribution in [-0.4, -0.2) is 15.2 Å². The number of halogens is 2. The van der Waals surface area contributed by atoms with Gasteiger partial charge in [0.25, 0.3) is 0 Å². The summed E-state index contributed by atoms with van der Waals surface area (Å²) in [7, 11) is 0. The van der Waals surface area contributed by atoms with Crippen molar-refractivity contribution in [2.24, 2.45) is 0 Å². The third-order valence-corrected chi connectivity index (χ3v) is 3.80. The van der Waals surface area contributed by atoms with Crippen molar-refractivity contribution in [3.8, 4) is 11.4 Å². The maximum Gasteiger partial charge on any atom is 0.246 e. The lowest BCUT2D eigenvalue weighted by atomic mass is 10.2. The van der Waals surface area contributed by atoms with Crippen LogP contribution in [0.25, 0.3) is 11.4 Å². The van der Waals surface area contributed by atoms with E-state index in [1.807, 2.05) is 12.1 Å². The Morgan fingerprint density at radius 2 is 1.87 bits per heavy atom. The van der Waals surface area contributed by atoms with Crippen LogP contribution < -0.4 is 5.32 Å². The molecule has 0 saturated heterocycles. The number of nitrogens with one attached hydrogen (secondary N) is 1. The zero-order valence-electron chi connectivity index (χ0n) is 12.0. The molecule has 2 N–H and O–H groups in total. The highest BCUT2D eigenvalue weighted by molar-refractivity contribution is 6.33. The predicted molar refractivity (Wildman–Crippen MR) is 89.4 cm³/mol. The van der Waals surface area contributed by atoms with E-state index < -0.39 is 0 Å². The Labute approximate surface area is 142 Å². The van der Waals surface area contributed by atoms with E-state index in [0.29, 0.717) is 34.0 Å². The Hall–Kier alpha value is -2.08.